The maximum atomic E-state index is 12.4. The first-order valence-corrected chi connectivity index (χ1v) is 7.39. The molecule has 1 fully saturated rings. The van der Waals surface area contributed by atoms with E-state index in [2.05, 4.69) is 0 Å². The Balaban J connectivity index is 1.89. The monoisotopic (exact) mass is 279 g/mol. The minimum Gasteiger partial charge on any atom is -0.453 e. The van der Waals surface area contributed by atoms with Gasteiger partial charge in [0.15, 0.2) is 0 Å². The molecule has 2 heterocycles. The van der Waals surface area contributed by atoms with Crippen LogP contribution in [0.5, 0.6) is 0 Å². The van der Waals surface area contributed by atoms with Crippen LogP contribution in [-0.2, 0) is 19.6 Å². The number of hydrogen-bond acceptors (Lipinski definition) is 4. The zero-order valence-corrected chi connectivity index (χ0v) is 11.2. The molecule has 0 bridgehead atoms. The van der Waals surface area contributed by atoms with E-state index < -0.39 is 16.1 Å². The summed E-state index contributed by atoms with van der Waals surface area (Å²) in [4.78, 5) is 11.3. The first-order valence-electron chi connectivity index (χ1n) is 5.95. The summed E-state index contributed by atoms with van der Waals surface area (Å²) in [6.07, 6.45) is 0.975. The third-order valence-electron chi connectivity index (χ3n) is 3.36. The van der Waals surface area contributed by atoms with E-state index in [4.69, 9.17) is 4.74 Å². The Labute approximate surface area is 111 Å². The Bertz CT molecular complexity index is 660. The predicted molar refractivity (Wildman–Crippen MR) is 67.9 cm³/mol. The number of esters is 1. The smallest absolute Gasteiger partial charge is 0.331 e. The number of rotatable bonds is 2. The van der Waals surface area contributed by atoms with Gasteiger partial charge >= 0.3 is 5.97 Å². The Morgan fingerprint density at radius 2 is 1.95 bits per heavy atom. The molecule has 0 amide bonds. The van der Waals surface area contributed by atoms with Crippen LogP contribution in [0.15, 0.2) is 40.8 Å². The third kappa shape index (κ3) is 2.06. The molecule has 2 aliphatic rings. The third-order valence-corrected chi connectivity index (χ3v) is 5.19. The number of aryl methyl sites for hydroxylation is 1. The highest BCUT2D eigenvalue weighted by molar-refractivity contribution is 7.89. The molecule has 2 aliphatic heterocycles. The molecule has 1 saturated heterocycles. The number of hydrogen-bond donors (Lipinski definition) is 0. The molecular weight excluding hydrogens is 266 g/mol. The van der Waals surface area contributed by atoms with E-state index >= 15 is 0 Å². The molecule has 19 heavy (non-hydrogen) atoms. The van der Waals surface area contributed by atoms with Gasteiger partial charge in [-0.05, 0) is 24.6 Å². The van der Waals surface area contributed by atoms with Crippen molar-refractivity contribution < 1.29 is 17.9 Å². The van der Waals surface area contributed by atoms with Crippen LogP contribution >= 0.6 is 0 Å². The molecule has 0 radical (unpaired) electrons. The van der Waals surface area contributed by atoms with Gasteiger partial charge in [-0.1, -0.05) is 17.7 Å². The van der Waals surface area contributed by atoms with Crippen LogP contribution in [0.4, 0.5) is 0 Å². The molecule has 5 nitrogen and oxygen atoms in total. The average molecular weight is 279 g/mol. The van der Waals surface area contributed by atoms with Crippen LogP contribution in [-0.4, -0.2) is 37.9 Å². The van der Waals surface area contributed by atoms with Crippen molar-refractivity contribution in [3.63, 3.8) is 0 Å². The van der Waals surface area contributed by atoms with Crippen LogP contribution in [0.2, 0.25) is 0 Å². The minimum atomic E-state index is -3.51. The number of nitrogens with zero attached hydrogens (tertiary/aromatic N) is 1. The molecule has 0 aromatic heterocycles. The maximum Gasteiger partial charge on any atom is 0.331 e. The van der Waals surface area contributed by atoms with Gasteiger partial charge in [-0.25, -0.2) is 13.2 Å². The molecule has 6 heteroatoms. The number of ether oxygens (including phenoxy) is 1. The van der Waals surface area contributed by atoms with E-state index in [1.807, 2.05) is 6.92 Å². The highest BCUT2D eigenvalue weighted by Gasteiger charge is 2.40. The predicted octanol–water partition coefficient (Wildman–Crippen LogP) is 0.851. The first kappa shape index (κ1) is 12.4. The molecule has 1 unspecified atom stereocenters. The zero-order chi connectivity index (χ0) is 13.6. The molecule has 0 aliphatic carbocycles. The van der Waals surface area contributed by atoms with Crippen molar-refractivity contribution in [2.24, 2.45) is 0 Å². The van der Waals surface area contributed by atoms with Crippen molar-refractivity contribution in [1.82, 2.24) is 4.31 Å². The minimum absolute atomic E-state index is 0.202. The quantitative estimate of drug-likeness (QED) is 0.753. The molecule has 1 atom stereocenters. The topological polar surface area (TPSA) is 63.7 Å². The Hall–Kier alpha value is -1.66. The van der Waals surface area contributed by atoms with Crippen molar-refractivity contribution in [3.8, 4) is 0 Å². The lowest BCUT2D eigenvalue weighted by Crippen LogP contribution is -2.30. The van der Waals surface area contributed by atoms with E-state index in [1.54, 1.807) is 24.3 Å². The lowest BCUT2D eigenvalue weighted by atomic mass is 10.2. The molecule has 0 N–H and O–H groups in total. The van der Waals surface area contributed by atoms with Gasteiger partial charge in [0.05, 0.1) is 11.4 Å². The number of fused-ring (bicyclic) bond motifs is 1. The maximum absolute atomic E-state index is 12.4. The first-order chi connectivity index (χ1) is 8.96. The summed E-state index contributed by atoms with van der Waals surface area (Å²) in [7, 11) is -3.51. The van der Waals surface area contributed by atoms with Crippen molar-refractivity contribution in [1.29, 1.82) is 0 Å². The second-order valence-corrected chi connectivity index (χ2v) is 6.69. The van der Waals surface area contributed by atoms with Gasteiger partial charge in [0.1, 0.15) is 6.10 Å². The van der Waals surface area contributed by atoms with E-state index in [-0.39, 0.29) is 24.0 Å². The van der Waals surface area contributed by atoms with Gasteiger partial charge in [-0.2, -0.15) is 4.31 Å². The summed E-state index contributed by atoms with van der Waals surface area (Å²) in [6, 6.07) is 6.73. The fraction of sp³-hybridized carbons (Fsp3) is 0.308. The van der Waals surface area contributed by atoms with Gasteiger partial charge in [0, 0.05) is 12.6 Å². The number of carbonyl (C=O) groups excluding carboxylic acids is 1. The van der Waals surface area contributed by atoms with Gasteiger partial charge in [0.2, 0.25) is 10.0 Å². The molecule has 100 valence electrons. The van der Waals surface area contributed by atoms with Gasteiger partial charge in [0.25, 0.3) is 0 Å². The summed E-state index contributed by atoms with van der Waals surface area (Å²) in [5.74, 6) is -0.382. The largest absolute Gasteiger partial charge is 0.453 e. The summed E-state index contributed by atoms with van der Waals surface area (Å²) < 4.78 is 31.2. The molecule has 1 aromatic rings. The lowest BCUT2D eigenvalue weighted by molar-refractivity contribution is -0.138. The van der Waals surface area contributed by atoms with E-state index in [1.165, 1.54) is 10.4 Å². The second-order valence-electron chi connectivity index (χ2n) is 4.76. The Kier molecular flexibility index (Phi) is 2.72. The summed E-state index contributed by atoms with van der Waals surface area (Å²) in [6.45, 7) is 2.33. The Morgan fingerprint density at radius 1 is 1.26 bits per heavy atom. The Morgan fingerprint density at radius 3 is 2.58 bits per heavy atom. The molecule has 0 spiro atoms. The van der Waals surface area contributed by atoms with Crippen LogP contribution < -0.4 is 0 Å². The summed E-state index contributed by atoms with van der Waals surface area (Å²) in [5, 5.41) is 0. The highest BCUT2D eigenvalue weighted by Crippen LogP contribution is 2.29. The van der Waals surface area contributed by atoms with E-state index in [0.29, 0.717) is 0 Å². The van der Waals surface area contributed by atoms with E-state index in [0.717, 1.165) is 11.1 Å². The van der Waals surface area contributed by atoms with Crippen molar-refractivity contribution >= 4 is 16.0 Å². The molecule has 1 aromatic carbocycles. The van der Waals surface area contributed by atoms with Crippen LogP contribution in [0.25, 0.3) is 0 Å². The number of benzene rings is 1. The van der Waals surface area contributed by atoms with Crippen molar-refractivity contribution in [3.05, 3.63) is 41.5 Å². The fourth-order valence-electron chi connectivity index (χ4n) is 2.29. The summed E-state index contributed by atoms with van der Waals surface area (Å²) >= 11 is 0. The molecule has 3 rings (SSSR count). The van der Waals surface area contributed by atoms with Gasteiger partial charge in [-0.3, -0.25) is 0 Å². The SMILES string of the molecule is Cc1ccc(S(=O)(=O)N2CC3=CC(=O)OC3C2)cc1. The summed E-state index contributed by atoms with van der Waals surface area (Å²) in [5.41, 5.74) is 1.74. The number of sulfonamides is 1. The molecule has 0 saturated carbocycles. The van der Waals surface area contributed by atoms with Gasteiger partial charge < -0.3 is 4.74 Å². The fourth-order valence-corrected chi connectivity index (χ4v) is 3.72. The standard InChI is InChI=1S/C13H13NO4S/c1-9-2-4-11(5-3-9)19(16,17)14-7-10-6-13(15)18-12(10)8-14/h2-6,12H,7-8H2,1H3. The highest BCUT2D eigenvalue weighted by atomic mass is 32.2. The van der Waals surface area contributed by atoms with Crippen molar-refractivity contribution in [2.45, 2.75) is 17.9 Å². The van der Waals surface area contributed by atoms with Crippen LogP contribution in [0.1, 0.15) is 5.56 Å². The van der Waals surface area contributed by atoms with Crippen LogP contribution in [0, 0.1) is 6.92 Å². The average Bonchev–Trinajstić information content (AvgIpc) is 2.87. The second kappa shape index (κ2) is 4.18. The normalized spacial score (nSPS) is 23.1. The number of carbonyl (C=O) groups is 1. The van der Waals surface area contributed by atoms with Crippen molar-refractivity contribution in [2.75, 3.05) is 13.1 Å². The van der Waals surface area contributed by atoms with Crippen LogP contribution in [0.3, 0.4) is 0 Å². The zero-order valence-electron chi connectivity index (χ0n) is 10.4. The lowest BCUT2D eigenvalue weighted by Gasteiger charge is -2.16. The van der Waals surface area contributed by atoms with E-state index in [9.17, 15) is 13.2 Å². The molecular formula is C13H13NO4S. The van der Waals surface area contributed by atoms with Gasteiger partial charge in [-0.15, -0.1) is 0 Å².